The van der Waals surface area contributed by atoms with Gasteiger partial charge in [-0.3, -0.25) is 9.69 Å². The smallest absolute Gasteiger partial charge is 0.236 e. The van der Waals surface area contributed by atoms with Gasteiger partial charge in [0.15, 0.2) is 0 Å². The molecule has 4 nitrogen and oxygen atoms in total. The summed E-state index contributed by atoms with van der Waals surface area (Å²) in [5, 5.41) is 0.766. The fraction of sp³-hybridized carbons (Fsp3) is 0.562. The Balaban J connectivity index is 1.83. The predicted octanol–water partition coefficient (Wildman–Crippen LogP) is 2.33. The monoisotopic (exact) mass is 309 g/mol. The number of amides is 1. The second-order valence-corrected chi connectivity index (χ2v) is 5.74. The molecule has 21 heavy (non-hydrogen) atoms. The van der Waals surface area contributed by atoms with E-state index in [4.69, 9.17) is 11.6 Å². The summed E-state index contributed by atoms with van der Waals surface area (Å²) in [6, 6.07) is 7.96. The van der Waals surface area contributed by atoms with Crippen molar-refractivity contribution in [1.82, 2.24) is 9.80 Å². The van der Waals surface area contributed by atoms with E-state index in [1.807, 2.05) is 30.9 Å². The number of anilines is 1. The number of carbonyl (C=O) groups is 1. The summed E-state index contributed by atoms with van der Waals surface area (Å²) in [5.41, 5.74) is 1.20. The number of carbonyl (C=O) groups excluding carboxylic acids is 1. The van der Waals surface area contributed by atoms with Gasteiger partial charge < -0.3 is 9.80 Å². The van der Waals surface area contributed by atoms with Crippen molar-refractivity contribution in [3.8, 4) is 0 Å². The fourth-order valence-electron chi connectivity index (χ4n) is 2.68. The predicted molar refractivity (Wildman–Crippen MR) is 88.0 cm³/mol. The van der Waals surface area contributed by atoms with E-state index in [9.17, 15) is 4.79 Å². The molecule has 1 aliphatic rings. The third-order valence-electron chi connectivity index (χ3n) is 4.04. The maximum Gasteiger partial charge on any atom is 0.236 e. The lowest BCUT2D eigenvalue weighted by Crippen LogP contribution is -2.50. The molecule has 1 amide bonds. The van der Waals surface area contributed by atoms with Gasteiger partial charge in [0, 0.05) is 50.0 Å². The van der Waals surface area contributed by atoms with Crippen molar-refractivity contribution in [2.75, 3.05) is 50.7 Å². The summed E-state index contributed by atoms with van der Waals surface area (Å²) < 4.78 is 0. The highest BCUT2D eigenvalue weighted by molar-refractivity contribution is 6.30. The van der Waals surface area contributed by atoms with Gasteiger partial charge in [0.05, 0.1) is 6.54 Å². The minimum absolute atomic E-state index is 0.236. The molecule has 1 fully saturated rings. The molecule has 0 atom stereocenters. The van der Waals surface area contributed by atoms with Gasteiger partial charge >= 0.3 is 0 Å². The first kappa shape index (κ1) is 16.1. The molecule has 0 bridgehead atoms. The third kappa shape index (κ3) is 4.35. The van der Waals surface area contributed by atoms with Crippen LogP contribution in [0, 0.1) is 0 Å². The van der Waals surface area contributed by atoms with E-state index in [1.54, 1.807) is 0 Å². The quantitative estimate of drug-likeness (QED) is 0.835. The Morgan fingerprint density at radius 3 is 2.19 bits per heavy atom. The molecule has 0 N–H and O–H groups in total. The van der Waals surface area contributed by atoms with E-state index in [0.717, 1.165) is 44.3 Å². The van der Waals surface area contributed by atoms with Crippen molar-refractivity contribution in [3.63, 3.8) is 0 Å². The second-order valence-electron chi connectivity index (χ2n) is 5.31. The van der Waals surface area contributed by atoms with E-state index in [2.05, 4.69) is 21.9 Å². The van der Waals surface area contributed by atoms with Crippen molar-refractivity contribution >= 4 is 23.2 Å². The summed E-state index contributed by atoms with van der Waals surface area (Å²) in [5.74, 6) is 0.236. The lowest BCUT2D eigenvalue weighted by Gasteiger charge is -2.36. The van der Waals surface area contributed by atoms with Crippen molar-refractivity contribution in [3.05, 3.63) is 29.3 Å². The molecule has 1 saturated heterocycles. The van der Waals surface area contributed by atoms with E-state index in [1.165, 1.54) is 5.69 Å². The number of piperazine rings is 1. The molecule has 0 unspecified atom stereocenters. The lowest BCUT2D eigenvalue weighted by molar-refractivity contribution is -0.132. The van der Waals surface area contributed by atoms with Gasteiger partial charge in [0.1, 0.15) is 0 Å². The second kappa shape index (κ2) is 7.66. The summed E-state index contributed by atoms with van der Waals surface area (Å²) in [4.78, 5) is 18.6. The maximum absolute atomic E-state index is 12.1. The van der Waals surface area contributed by atoms with Crippen LogP contribution in [0.2, 0.25) is 5.02 Å². The molecule has 1 aromatic rings. The Bertz CT molecular complexity index is 451. The number of hydrogen-bond donors (Lipinski definition) is 0. The third-order valence-corrected chi connectivity index (χ3v) is 4.29. The molecule has 0 saturated carbocycles. The van der Waals surface area contributed by atoms with Gasteiger partial charge in [-0.15, -0.1) is 0 Å². The average Bonchev–Trinajstić information content (AvgIpc) is 2.50. The SMILES string of the molecule is CCN(CC)C(=O)CN1CCN(c2ccc(Cl)cc2)CC1. The molecule has 1 aromatic carbocycles. The van der Waals surface area contributed by atoms with Crippen molar-refractivity contribution < 1.29 is 4.79 Å². The van der Waals surface area contributed by atoms with Gasteiger partial charge in [-0.25, -0.2) is 0 Å². The molecular weight excluding hydrogens is 286 g/mol. The Labute approximate surface area is 132 Å². The zero-order valence-corrected chi connectivity index (χ0v) is 13.6. The minimum atomic E-state index is 0.236. The zero-order chi connectivity index (χ0) is 15.2. The van der Waals surface area contributed by atoms with Crippen LogP contribution in [0.15, 0.2) is 24.3 Å². The van der Waals surface area contributed by atoms with Crippen LogP contribution in [0.3, 0.4) is 0 Å². The standard InChI is InChI=1S/C16H24ClN3O/c1-3-19(4-2)16(21)13-18-9-11-20(12-10-18)15-7-5-14(17)6-8-15/h5-8H,3-4,9-13H2,1-2H3. The first-order chi connectivity index (χ1) is 10.1. The van der Waals surface area contributed by atoms with Crippen LogP contribution < -0.4 is 4.90 Å². The van der Waals surface area contributed by atoms with E-state index in [-0.39, 0.29) is 5.91 Å². The number of likely N-dealkylation sites (N-methyl/N-ethyl adjacent to an activating group) is 1. The Morgan fingerprint density at radius 1 is 1.10 bits per heavy atom. The van der Waals surface area contributed by atoms with Gasteiger partial charge in [0.2, 0.25) is 5.91 Å². The van der Waals surface area contributed by atoms with E-state index < -0.39 is 0 Å². The summed E-state index contributed by atoms with van der Waals surface area (Å²) in [6.07, 6.45) is 0. The number of rotatable bonds is 5. The molecule has 2 rings (SSSR count). The first-order valence-corrected chi connectivity index (χ1v) is 8.02. The Morgan fingerprint density at radius 2 is 1.67 bits per heavy atom. The molecule has 0 spiro atoms. The Hall–Kier alpha value is -1.26. The summed E-state index contributed by atoms with van der Waals surface area (Å²) in [7, 11) is 0. The number of benzene rings is 1. The van der Waals surface area contributed by atoms with Crippen LogP contribution in [0.5, 0.6) is 0 Å². The van der Waals surface area contributed by atoms with Gasteiger partial charge in [-0.05, 0) is 38.1 Å². The lowest BCUT2D eigenvalue weighted by atomic mass is 10.2. The van der Waals surface area contributed by atoms with Gasteiger partial charge in [0.25, 0.3) is 0 Å². The molecule has 0 aromatic heterocycles. The number of hydrogen-bond acceptors (Lipinski definition) is 3. The molecular formula is C16H24ClN3O. The zero-order valence-electron chi connectivity index (χ0n) is 12.9. The summed E-state index contributed by atoms with van der Waals surface area (Å²) >= 11 is 5.92. The largest absolute Gasteiger partial charge is 0.369 e. The van der Waals surface area contributed by atoms with Gasteiger partial charge in [-0.2, -0.15) is 0 Å². The highest BCUT2D eigenvalue weighted by Crippen LogP contribution is 2.19. The molecule has 1 heterocycles. The van der Waals surface area contributed by atoms with Crippen LogP contribution in [0.1, 0.15) is 13.8 Å². The first-order valence-electron chi connectivity index (χ1n) is 7.64. The average molecular weight is 310 g/mol. The summed E-state index contributed by atoms with van der Waals surface area (Å²) in [6.45, 7) is 9.93. The van der Waals surface area contributed by atoms with Crippen molar-refractivity contribution in [2.45, 2.75) is 13.8 Å². The normalized spacial score (nSPS) is 16.0. The minimum Gasteiger partial charge on any atom is -0.369 e. The van der Waals surface area contributed by atoms with Crippen LogP contribution >= 0.6 is 11.6 Å². The highest BCUT2D eigenvalue weighted by Gasteiger charge is 2.20. The van der Waals surface area contributed by atoms with Crippen LogP contribution in [0.25, 0.3) is 0 Å². The Kier molecular flexibility index (Phi) is 5.88. The van der Waals surface area contributed by atoms with Crippen LogP contribution in [0.4, 0.5) is 5.69 Å². The molecule has 1 aliphatic heterocycles. The molecule has 0 radical (unpaired) electrons. The van der Waals surface area contributed by atoms with Crippen LogP contribution in [-0.4, -0.2) is 61.5 Å². The van der Waals surface area contributed by atoms with Crippen LogP contribution in [-0.2, 0) is 4.79 Å². The molecule has 116 valence electrons. The maximum atomic E-state index is 12.1. The number of nitrogens with zero attached hydrogens (tertiary/aromatic N) is 3. The van der Waals surface area contributed by atoms with Crippen molar-refractivity contribution in [1.29, 1.82) is 0 Å². The molecule has 0 aliphatic carbocycles. The highest BCUT2D eigenvalue weighted by atomic mass is 35.5. The topological polar surface area (TPSA) is 26.8 Å². The molecule has 5 heteroatoms. The van der Waals surface area contributed by atoms with Gasteiger partial charge in [-0.1, -0.05) is 11.6 Å². The van der Waals surface area contributed by atoms with E-state index >= 15 is 0 Å². The van der Waals surface area contributed by atoms with E-state index in [0.29, 0.717) is 6.54 Å². The number of halogens is 1. The van der Waals surface area contributed by atoms with Crippen molar-refractivity contribution in [2.24, 2.45) is 0 Å². The fourth-order valence-corrected chi connectivity index (χ4v) is 2.81.